The Bertz CT molecular complexity index is 459. The molecule has 1 heterocycles. The van der Waals surface area contributed by atoms with E-state index in [1.165, 1.54) is 11.3 Å². The first-order valence-corrected chi connectivity index (χ1v) is 6.71. The molecule has 1 atom stereocenters. The molecule has 1 aromatic heterocycles. The number of nitrogens with zero attached hydrogens (tertiary/aromatic N) is 1. The molecular formula is C16H22N2. The summed E-state index contributed by atoms with van der Waals surface area (Å²) in [7, 11) is 0. The van der Waals surface area contributed by atoms with Gasteiger partial charge in [-0.2, -0.15) is 0 Å². The summed E-state index contributed by atoms with van der Waals surface area (Å²) in [6.45, 7) is 6.40. The number of nitrogens with one attached hydrogen (secondary N) is 1. The SMILES string of the molecule is CCn1cccc1CNC(C)Cc1ccccc1. The third-order valence-corrected chi connectivity index (χ3v) is 3.28. The van der Waals surface area contributed by atoms with Gasteiger partial charge in [-0.05, 0) is 38.0 Å². The summed E-state index contributed by atoms with van der Waals surface area (Å²) in [5.41, 5.74) is 2.75. The maximum Gasteiger partial charge on any atom is 0.0361 e. The average molecular weight is 242 g/mol. The van der Waals surface area contributed by atoms with E-state index in [2.05, 4.69) is 72.4 Å². The fourth-order valence-corrected chi connectivity index (χ4v) is 2.24. The van der Waals surface area contributed by atoms with Crippen molar-refractivity contribution in [1.82, 2.24) is 9.88 Å². The van der Waals surface area contributed by atoms with Gasteiger partial charge in [-0.25, -0.2) is 0 Å². The van der Waals surface area contributed by atoms with Crippen LogP contribution in [-0.2, 0) is 19.5 Å². The minimum Gasteiger partial charge on any atom is -0.351 e. The van der Waals surface area contributed by atoms with E-state index in [9.17, 15) is 0 Å². The number of rotatable bonds is 6. The molecule has 0 fully saturated rings. The Kier molecular flexibility index (Phi) is 4.59. The predicted octanol–water partition coefficient (Wildman–Crippen LogP) is 3.23. The molecule has 1 N–H and O–H groups in total. The molecular weight excluding hydrogens is 220 g/mol. The van der Waals surface area contributed by atoms with Crippen molar-refractivity contribution in [1.29, 1.82) is 0 Å². The molecule has 96 valence electrons. The topological polar surface area (TPSA) is 17.0 Å². The van der Waals surface area contributed by atoms with Crippen LogP contribution in [0.4, 0.5) is 0 Å². The van der Waals surface area contributed by atoms with Crippen molar-refractivity contribution in [3.05, 3.63) is 59.9 Å². The summed E-state index contributed by atoms with van der Waals surface area (Å²) < 4.78 is 2.28. The van der Waals surface area contributed by atoms with Crippen molar-refractivity contribution in [3.8, 4) is 0 Å². The monoisotopic (exact) mass is 242 g/mol. The highest BCUT2D eigenvalue weighted by Gasteiger charge is 2.04. The molecule has 0 aliphatic rings. The van der Waals surface area contributed by atoms with Crippen LogP contribution in [0.25, 0.3) is 0 Å². The lowest BCUT2D eigenvalue weighted by molar-refractivity contribution is 0.527. The largest absolute Gasteiger partial charge is 0.351 e. The highest BCUT2D eigenvalue weighted by atomic mass is 15.0. The van der Waals surface area contributed by atoms with Gasteiger partial charge in [0.2, 0.25) is 0 Å². The smallest absolute Gasteiger partial charge is 0.0361 e. The van der Waals surface area contributed by atoms with Gasteiger partial charge in [-0.15, -0.1) is 0 Å². The van der Waals surface area contributed by atoms with Crippen LogP contribution in [0, 0.1) is 0 Å². The summed E-state index contributed by atoms with van der Waals surface area (Å²) in [5, 5.41) is 3.59. The number of hydrogen-bond donors (Lipinski definition) is 1. The molecule has 0 saturated heterocycles. The van der Waals surface area contributed by atoms with Gasteiger partial charge in [0.25, 0.3) is 0 Å². The molecule has 2 heteroatoms. The van der Waals surface area contributed by atoms with E-state index >= 15 is 0 Å². The summed E-state index contributed by atoms with van der Waals surface area (Å²) in [4.78, 5) is 0. The Morgan fingerprint density at radius 3 is 2.61 bits per heavy atom. The molecule has 1 aromatic carbocycles. The lowest BCUT2D eigenvalue weighted by Gasteiger charge is -2.15. The van der Waals surface area contributed by atoms with E-state index < -0.39 is 0 Å². The fourth-order valence-electron chi connectivity index (χ4n) is 2.24. The van der Waals surface area contributed by atoms with Gasteiger partial charge in [-0.1, -0.05) is 30.3 Å². The van der Waals surface area contributed by atoms with Gasteiger partial charge in [-0.3, -0.25) is 0 Å². The number of benzene rings is 1. The van der Waals surface area contributed by atoms with Gasteiger partial charge in [0.1, 0.15) is 0 Å². The second kappa shape index (κ2) is 6.41. The van der Waals surface area contributed by atoms with Gasteiger partial charge >= 0.3 is 0 Å². The van der Waals surface area contributed by atoms with Crippen molar-refractivity contribution in [3.63, 3.8) is 0 Å². The molecule has 2 aromatic rings. The van der Waals surface area contributed by atoms with E-state index in [0.29, 0.717) is 6.04 Å². The summed E-state index contributed by atoms with van der Waals surface area (Å²) in [5.74, 6) is 0. The standard InChI is InChI=1S/C16H22N2/c1-3-18-11-7-10-16(18)13-17-14(2)12-15-8-5-4-6-9-15/h4-11,14,17H,3,12-13H2,1-2H3. The van der Waals surface area contributed by atoms with Gasteiger partial charge < -0.3 is 9.88 Å². The lowest BCUT2D eigenvalue weighted by atomic mass is 10.1. The van der Waals surface area contributed by atoms with Crippen LogP contribution < -0.4 is 5.32 Å². The van der Waals surface area contributed by atoms with Crippen LogP contribution >= 0.6 is 0 Å². The van der Waals surface area contributed by atoms with Crippen LogP contribution in [0.1, 0.15) is 25.1 Å². The quantitative estimate of drug-likeness (QED) is 0.823. The minimum atomic E-state index is 0.493. The predicted molar refractivity (Wildman–Crippen MR) is 76.6 cm³/mol. The highest BCUT2D eigenvalue weighted by Crippen LogP contribution is 2.05. The van der Waals surface area contributed by atoms with Crippen LogP contribution in [0.5, 0.6) is 0 Å². The second-order valence-electron chi connectivity index (χ2n) is 4.76. The zero-order valence-electron chi connectivity index (χ0n) is 11.3. The number of aromatic nitrogens is 1. The normalized spacial score (nSPS) is 12.6. The molecule has 0 radical (unpaired) electrons. The van der Waals surface area contributed by atoms with E-state index in [-0.39, 0.29) is 0 Å². The number of hydrogen-bond acceptors (Lipinski definition) is 1. The van der Waals surface area contributed by atoms with E-state index in [0.717, 1.165) is 19.5 Å². The van der Waals surface area contributed by atoms with Gasteiger partial charge in [0.05, 0.1) is 0 Å². The van der Waals surface area contributed by atoms with Crippen LogP contribution in [0.15, 0.2) is 48.7 Å². The van der Waals surface area contributed by atoms with E-state index in [1.807, 2.05) is 0 Å². The minimum absolute atomic E-state index is 0.493. The second-order valence-corrected chi connectivity index (χ2v) is 4.76. The maximum absolute atomic E-state index is 3.59. The van der Waals surface area contributed by atoms with E-state index in [4.69, 9.17) is 0 Å². The molecule has 0 spiro atoms. The number of aryl methyl sites for hydroxylation is 1. The molecule has 0 aliphatic heterocycles. The van der Waals surface area contributed by atoms with Gasteiger partial charge in [0, 0.05) is 31.0 Å². The fraction of sp³-hybridized carbons (Fsp3) is 0.375. The summed E-state index contributed by atoms with van der Waals surface area (Å²) >= 11 is 0. The zero-order valence-corrected chi connectivity index (χ0v) is 11.3. The molecule has 2 nitrogen and oxygen atoms in total. The molecule has 0 saturated carbocycles. The Labute approximate surface area is 110 Å². The zero-order chi connectivity index (χ0) is 12.8. The van der Waals surface area contributed by atoms with Crippen molar-refractivity contribution in [2.75, 3.05) is 0 Å². The van der Waals surface area contributed by atoms with Crippen molar-refractivity contribution in [2.24, 2.45) is 0 Å². The third-order valence-electron chi connectivity index (χ3n) is 3.28. The molecule has 0 bridgehead atoms. The average Bonchev–Trinajstić information content (AvgIpc) is 2.85. The molecule has 1 unspecified atom stereocenters. The van der Waals surface area contributed by atoms with Crippen molar-refractivity contribution < 1.29 is 0 Å². The van der Waals surface area contributed by atoms with Crippen LogP contribution in [0.3, 0.4) is 0 Å². The molecule has 18 heavy (non-hydrogen) atoms. The Morgan fingerprint density at radius 1 is 1.11 bits per heavy atom. The van der Waals surface area contributed by atoms with Crippen molar-refractivity contribution in [2.45, 2.75) is 39.4 Å². The van der Waals surface area contributed by atoms with Gasteiger partial charge in [0.15, 0.2) is 0 Å². The highest BCUT2D eigenvalue weighted by molar-refractivity contribution is 5.15. The van der Waals surface area contributed by atoms with E-state index in [1.54, 1.807) is 0 Å². The Balaban J connectivity index is 1.83. The van der Waals surface area contributed by atoms with Crippen LogP contribution in [-0.4, -0.2) is 10.6 Å². The first-order valence-electron chi connectivity index (χ1n) is 6.71. The third kappa shape index (κ3) is 3.47. The molecule has 0 amide bonds. The molecule has 0 aliphatic carbocycles. The summed E-state index contributed by atoms with van der Waals surface area (Å²) in [6, 6.07) is 15.4. The first kappa shape index (κ1) is 12.9. The Morgan fingerprint density at radius 2 is 1.89 bits per heavy atom. The molecule has 2 rings (SSSR count). The Hall–Kier alpha value is -1.54. The first-order chi connectivity index (χ1) is 8.79. The summed E-state index contributed by atoms with van der Waals surface area (Å²) in [6.07, 6.45) is 3.21. The maximum atomic E-state index is 3.59. The lowest BCUT2D eigenvalue weighted by Crippen LogP contribution is -2.28. The van der Waals surface area contributed by atoms with Crippen LogP contribution in [0.2, 0.25) is 0 Å². The van der Waals surface area contributed by atoms with Crippen molar-refractivity contribution >= 4 is 0 Å².